The summed E-state index contributed by atoms with van der Waals surface area (Å²) in [5, 5.41) is 3.89. The average Bonchev–Trinajstić information content (AvgIpc) is 2.65. The van der Waals surface area contributed by atoms with E-state index in [9.17, 15) is 4.79 Å². The van der Waals surface area contributed by atoms with Gasteiger partial charge in [0, 0.05) is 20.4 Å². The summed E-state index contributed by atoms with van der Waals surface area (Å²) in [6.45, 7) is 4.15. The summed E-state index contributed by atoms with van der Waals surface area (Å²) in [7, 11) is 0. The first kappa shape index (κ1) is 10.1. The lowest BCUT2D eigenvalue weighted by atomic mass is 10.0. The molecule has 1 aliphatic heterocycles. The van der Waals surface area contributed by atoms with Crippen molar-refractivity contribution in [2.45, 2.75) is 39.2 Å². The predicted octanol–water partition coefficient (Wildman–Crippen LogP) is 1.45. The van der Waals surface area contributed by atoms with Crippen molar-refractivity contribution in [3.8, 4) is 0 Å². The van der Waals surface area contributed by atoms with E-state index in [1.54, 1.807) is 13.8 Å². The fraction of sp³-hybridized carbons (Fsp3) is 0.700. The van der Waals surface area contributed by atoms with Gasteiger partial charge in [-0.05, 0) is 19.3 Å². The van der Waals surface area contributed by atoms with Crippen molar-refractivity contribution >= 4 is 5.91 Å². The summed E-state index contributed by atoms with van der Waals surface area (Å²) in [5.41, 5.74) is 0. The molecular formula is C10H15N3O2. The lowest BCUT2D eigenvalue weighted by Gasteiger charge is -2.32. The maximum Gasteiger partial charge on any atom is 0.223 e. The number of piperidine rings is 1. The molecule has 0 aromatic carbocycles. The summed E-state index contributed by atoms with van der Waals surface area (Å²) in [5.74, 6) is 1.28. The Kier molecular flexibility index (Phi) is 2.70. The quantitative estimate of drug-likeness (QED) is 0.702. The van der Waals surface area contributed by atoms with Crippen molar-refractivity contribution in [1.29, 1.82) is 0 Å². The van der Waals surface area contributed by atoms with E-state index >= 15 is 0 Å². The number of carbonyl (C=O) groups excluding carboxylic acids is 1. The normalized spacial score (nSPS) is 21.7. The summed E-state index contributed by atoms with van der Waals surface area (Å²) in [4.78, 5) is 17.5. The molecular weight excluding hydrogens is 194 g/mol. The molecule has 1 saturated heterocycles. The highest BCUT2D eigenvalue weighted by atomic mass is 16.5. The zero-order valence-electron chi connectivity index (χ0n) is 9.06. The van der Waals surface area contributed by atoms with Crippen LogP contribution in [0, 0.1) is 6.92 Å². The van der Waals surface area contributed by atoms with Crippen LogP contribution >= 0.6 is 0 Å². The number of hydrogen-bond acceptors (Lipinski definition) is 4. The average molecular weight is 209 g/mol. The Morgan fingerprint density at radius 2 is 2.33 bits per heavy atom. The van der Waals surface area contributed by atoms with Crippen LogP contribution in [0.5, 0.6) is 0 Å². The molecule has 0 aliphatic carbocycles. The lowest BCUT2D eigenvalue weighted by Crippen LogP contribution is -2.37. The molecule has 0 N–H and O–H groups in total. The van der Waals surface area contributed by atoms with Crippen molar-refractivity contribution in [3.63, 3.8) is 0 Å². The SMILES string of the molecule is CC(=O)N1CCCCC1c1noc(C)n1. The maximum atomic E-state index is 11.4. The van der Waals surface area contributed by atoms with Gasteiger partial charge in [-0.2, -0.15) is 4.98 Å². The molecule has 82 valence electrons. The third-order valence-electron chi connectivity index (χ3n) is 2.75. The third kappa shape index (κ3) is 2.00. The Balaban J connectivity index is 2.21. The second kappa shape index (κ2) is 4.00. The van der Waals surface area contributed by atoms with Gasteiger partial charge in [-0.1, -0.05) is 5.16 Å². The number of rotatable bonds is 1. The van der Waals surface area contributed by atoms with Gasteiger partial charge in [-0.25, -0.2) is 0 Å². The Labute approximate surface area is 88.5 Å². The molecule has 0 saturated carbocycles. The maximum absolute atomic E-state index is 11.4. The third-order valence-corrected chi connectivity index (χ3v) is 2.75. The van der Waals surface area contributed by atoms with Gasteiger partial charge in [0.2, 0.25) is 11.8 Å². The van der Waals surface area contributed by atoms with Crippen LogP contribution in [0.15, 0.2) is 4.52 Å². The summed E-state index contributed by atoms with van der Waals surface area (Å²) in [6.07, 6.45) is 3.10. The first-order valence-corrected chi connectivity index (χ1v) is 5.26. The molecule has 15 heavy (non-hydrogen) atoms. The molecule has 2 heterocycles. The largest absolute Gasteiger partial charge is 0.340 e. The first-order valence-electron chi connectivity index (χ1n) is 5.26. The highest BCUT2D eigenvalue weighted by Crippen LogP contribution is 2.28. The molecule has 0 spiro atoms. The van der Waals surface area contributed by atoms with Crippen molar-refractivity contribution in [3.05, 3.63) is 11.7 Å². The van der Waals surface area contributed by atoms with E-state index in [1.165, 1.54) is 0 Å². The number of carbonyl (C=O) groups is 1. The fourth-order valence-electron chi connectivity index (χ4n) is 2.03. The molecule has 5 heteroatoms. The number of nitrogens with zero attached hydrogens (tertiary/aromatic N) is 3. The zero-order chi connectivity index (χ0) is 10.8. The summed E-state index contributed by atoms with van der Waals surface area (Å²) in [6, 6.07) is 0.00806. The first-order chi connectivity index (χ1) is 7.18. The second-order valence-corrected chi connectivity index (χ2v) is 3.90. The van der Waals surface area contributed by atoms with Crippen LogP contribution in [0.4, 0.5) is 0 Å². The standard InChI is InChI=1S/C10H15N3O2/c1-7-11-10(12-15-7)9-5-3-4-6-13(9)8(2)14/h9H,3-6H2,1-2H3. The Morgan fingerprint density at radius 3 is 2.93 bits per heavy atom. The number of aromatic nitrogens is 2. The van der Waals surface area contributed by atoms with E-state index in [0.29, 0.717) is 11.7 Å². The Bertz CT molecular complexity index is 361. The Hall–Kier alpha value is -1.39. The summed E-state index contributed by atoms with van der Waals surface area (Å²) < 4.78 is 4.95. The van der Waals surface area contributed by atoms with Gasteiger partial charge in [0.05, 0.1) is 6.04 Å². The van der Waals surface area contributed by atoms with E-state index in [0.717, 1.165) is 25.8 Å². The van der Waals surface area contributed by atoms with Crippen LogP contribution in [0.3, 0.4) is 0 Å². The van der Waals surface area contributed by atoms with Crippen LogP contribution in [-0.2, 0) is 4.79 Å². The smallest absolute Gasteiger partial charge is 0.223 e. The highest BCUT2D eigenvalue weighted by molar-refractivity contribution is 5.73. The molecule has 1 atom stereocenters. The van der Waals surface area contributed by atoms with Crippen LogP contribution in [0.25, 0.3) is 0 Å². The van der Waals surface area contributed by atoms with Crippen molar-refractivity contribution < 1.29 is 9.32 Å². The number of likely N-dealkylation sites (tertiary alicyclic amines) is 1. The monoisotopic (exact) mass is 209 g/mol. The molecule has 1 unspecified atom stereocenters. The van der Waals surface area contributed by atoms with Gasteiger partial charge in [0.1, 0.15) is 0 Å². The molecule has 1 aliphatic rings. The predicted molar refractivity (Wildman–Crippen MR) is 53.0 cm³/mol. The molecule has 2 rings (SSSR count). The van der Waals surface area contributed by atoms with Crippen LogP contribution in [0.1, 0.15) is 43.9 Å². The molecule has 1 aromatic heterocycles. The van der Waals surface area contributed by atoms with Crippen LogP contribution < -0.4 is 0 Å². The minimum atomic E-state index is 0.00806. The van der Waals surface area contributed by atoms with Crippen LogP contribution in [-0.4, -0.2) is 27.5 Å². The van der Waals surface area contributed by atoms with Gasteiger partial charge in [-0.15, -0.1) is 0 Å². The molecule has 0 radical (unpaired) electrons. The van der Waals surface area contributed by atoms with E-state index in [4.69, 9.17) is 4.52 Å². The summed E-state index contributed by atoms with van der Waals surface area (Å²) >= 11 is 0. The van der Waals surface area contributed by atoms with Crippen molar-refractivity contribution in [1.82, 2.24) is 15.0 Å². The minimum absolute atomic E-state index is 0.00806. The van der Waals surface area contributed by atoms with Crippen molar-refractivity contribution in [2.24, 2.45) is 0 Å². The van der Waals surface area contributed by atoms with E-state index in [1.807, 2.05) is 4.90 Å². The lowest BCUT2D eigenvalue weighted by molar-refractivity contribution is -0.132. The van der Waals surface area contributed by atoms with E-state index in [2.05, 4.69) is 10.1 Å². The van der Waals surface area contributed by atoms with Crippen molar-refractivity contribution in [2.75, 3.05) is 6.54 Å². The van der Waals surface area contributed by atoms with E-state index in [-0.39, 0.29) is 11.9 Å². The zero-order valence-corrected chi connectivity index (χ0v) is 9.06. The van der Waals surface area contributed by atoms with Gasteiger partial charge in [0.15, 0.2) is 5.82 Å². The highest BCUT2D eigenvalue weighted by Gasteiger charge is 2.29. The topological polar surface area (TPSA) is 59.2 Å². The second-order valence-electron chi connectivity index (χ2n) is 3.90. The fourth-order valence-corrected chi connectivity index (χ4v) is 2.03. The number of hydrogen-bond donors (Lipinski definition) is 0. The Morgan fingerprint density at radius 1 is 1.53 bits per heavy atom. The molecule has 1 amide bonds. The van der Waals surface area contributed by atoms with Crippen LogP contribution in [0.2, 0.25) is 0 Å². The van der Waals surface area contributed by atoms with E-state index < -0.39 is 0 Å². The van der Waals surface area contributed by atoms with Gasteiger partial charge in [-0.3, -0.25) is 4.79 Å². The molecule has 1 fully saturated rings. The molecule has 0 bridgehead atoms. The van der Waals surface area contributed by atoms with Gasteiger partial charge in [0.25, 0.3) is 0 Å². The molecule has 1 aromatic rings. The molecule has 5 nitrogen and oxygen atoms in total. The van der Waals surface area contributed by atoms with Gasteiger partial charge >= 0.3 is 0 Å². The minimum Gasteiger partial charge on any atom is -0.340 e. The number of amides is 1. The van der Waals surface area contributed by atoms with Gasteiger partial charge < -0.3 is 9.42 Å². The number of aryl methyl sites for hydroxylation is 1.